The van der Waals surface area contributed by atoms with Crippen LogP contribution in [0.3, 0.4) is 0 Å². The van der Waals surface area contributed by atoms with Gasteiger partial charge in [-0.3, -0.25) is 14.4 Å². The number of carbonyl (C=O) groups is 4. The Morgan fingerprint density at radius 1 is 0.956 bits per heavy atom. The molecular weight excluding hydrogens is 607 g/mol. The molecule has 0 saturated heterocycles. The third kappa shape index (κ3) is 10.6. The highest BCUT2D eigenvalue weighted by Crippen LogP contribution is 2.49. The summed E-state index contributed by atoms with van der Waals surface area (Å²) in [5.74, 6) is -2.15. The molecule has 0 fully saturated rings. The Morgan fingerprint density at radius 3 is 2.00 bits per heavy atom. The van der Waals surface area contributed by atoms with Crippen LogP contribution in [0.2, 0.25) is 0 Å². The first-order chi connectivity index (χ1) is 21.0. The van der Waals surface area contributed by atoms with Gasteiger partial charge in [0.1, 0.15) is 30.0 Å². The molecule has 45 heavy (non-hydrogen) atoms. The van der Waals surface area contributed by atoms with E-state index >= 15 is 0 Å². The fraction of sp³-hybridized carbons (Fsp3) is 0.613. The van der Waals surface area contributed by atoms with Crippen LogP contribution in [-0.4, -0.2) is 61.9 Å². The van der Waals surface area contributed by atoms with E-state index in [1.165, 1.54) is 21.0 Å². The highest BCUT2D eigenvalue weighted by Gasteiger charge is 2.40. The summed E-state index contributed by atoms with van der Waals surface area (Å²) in [5, 5.41) is 5.32. The van der Waals surface area contributed by atoms with E-state index < -0.39 is 49.9 Å². The van der Waals surface area contributed by atoms with Crippen molar-refractivity contribution >= 4 is 31.5 Å². The third-order valence-electron chi connectivity index (χ3n) is 6.67. The van der Waals surface area contributed by atoms with Gasteiger partial charge in [0.2, 0.25) is 0 Å². The molecule has 0 unspecified atom stereocenters. The van der Waals surface area contributed by atoms with Crippen molar-refractivity contribution in [3.8, 4) is 11.5 Å². The summed E-state index contributed by atoms with van der Waals surface area (Å²) in [5.41, 5.74) is 2.41. The SMILES string of the molecule is CCOC(=O)CC/C(C)=C/Cc1c(OC)c(C)c2c(c1OP(=O)(N[C@@H](C)C(=O)OC(C)C)N[C@@H](C)C(=O)OC(C)C)C(=O)OC2. The van der Waals surface area contributed by atoms with Crippen LogP contribution in [0.4, 0.5) is 0 Å². The number of nitrogens with one attached hydrogen (secondary N) is 2. The Morgan fingerprint density at radius 2 is 1.51 bits per heavy atom. The van der Waals surface area contributed by atoms with Gasteiger partial charge in [0.05, 0.1) is 25.9 Å². The molecule has 0 aromatic heterocycles. The number of rotatable bonds is 17. The normalized spacial score (nSPS) is 14.5. The number of esters is 4. The van der Waals surface area contributed by atoms with Crippen molar-refractivity contribution in [2.75, 3.05) is 13.7 Å². The lowest BCUT2D eigenvalue weighted by atomic mass is 9.94. The molecule has 2 atom stereocenters. The van der Waals surface area contributed by atoms with E-state index in [0.717, 1.165) is 5.57 Å². The Balaban J connectivity index is 2.65. The van der Waals surface area contributed by atoms with Gasteiger partial charge in [0, 0.05) is 17.5 Å². The first kappa shape index (κ1) is 37.8. The number of benzene rings is 1. The fourth-order valence-corrected chi connectivity index (χ4v) is 6.39. The molecular formula is C31H47N2O11P. The lowest BCUT2D eigenvalue weighted by Crippen LogP contribution is -2.44. The van der Waals surface area contributed by atoms with E-state index in [1.807, 2.05) is 13.0 Å². The topological polar surface area (TPSA) is 165 Å². The number of cyclic esters (lactones) is 1. The Bertz CT molecular complexity index is 1310. The van der Waals surface area contributed by atoms with Gasteiger partial charge in [-0.2, -0.15) is 0 Å². The standard InChI is InChI=1S/C31H47N2O11P/c1-11-40-25(34)15-13-19(6)12-14-23-27(39-10)20(7)24-16-41-31(37)26(24)28(23)44-45(38,32-21(8)29(35)42-17(2)3)33-22(9)30(36)43-18(4)5/h12,17-18,21-22H,11,13-16H2,1-10H3,(H2,32,33,38)/b19-12+/t21-,22-/m0/s1. The van der Waals surface area contributed by atoms with Gasteiger partial charge < -0.3 is 28.2 Å². The van der Waals surface area contributed by atoms with E-state index in [1.54, 1.807) is 41.5 Å². The zero-order valence-corrected chi connectivity index (χ0v) is 28.8. The second kappa shape index (κ2) is 16.8. The molecule has 0 saturated carbocycles. The van der Waals surface area contributed by atoms with Crippen molar-refractivity contribution in [3.63, 3.8) is 0 Å². The van der Waals surface area contributed by atoms with Crippen molar-refractivity contribution in [1.82, 2.24) is 10.2 Å². The minimum absolute atomic E-state index is 0.0548. The minimum atomic E-state index is -4.41. The van der Waals surface area contributed by atoms with Gasteiger partial charge in [-0.25, -0.2) is 19.5 Å². The van der Waals surface area contributed by atoms with Crippen LogP contribution < -0.4 is 19.4 Å². The molecule has 1 aromatic carbocycles. The maximum absolute atomic E-state index is 14.6. The summed E-state index contributed by atoms with van der Waals surface area (Å²) in [6.07, 6.45) is 1.72. The summed E-state index contributed by atoms with van der Waals surface area (Å²) >= 11 is 0. The van der Waals surface area contributed by atoms with Crippen LogP contribution in [0.25, 0.3) is 0 Å². The molecule has 0 spiro atoms. The summed E-state index contributed by atoms with van der Waals surface area (Å²) in [7, 11) is -2.95. The molecule has 0 aliphatic carbocycles. The molecule has 0 bridgehead atoms. The van der Waals surface area contributed by atoms with Gasteiger partial charge in [-0.05, 0) is 80.7 Å². The molecule has 1 aromatic rings. The summed E-state index contributed by atoms with van der Waals surface area (Å²) in [4.78, 5) is 50.4. The highest BCUT2D eigenvalue weighted by molar-refractivity contribution is 7.55. The summed E-state index contributed by atoms with van der Waals surface area (Å²) in [6, 6.07) is -2.31. The van der Waals surface area contributed by atoms with Gasteiger partial charge in [-0.15, -0.1) is 0 Å². The van der Waals surface area contributed by atoms with Gasteiger partial charge in [0.25, 0.3) is 0 Å². The van der Waals surface area contributed by atoms with Crippen molar-refractivity contribution in [2.24, 2.45) is 0 Å². The van der Waals surface area contributed by atoms with Crippen LogP contribution in [0.1, 0.15) is 95.3 Å². The zero-order valence-electron chi connectivity index (χ0n) is 27.9. The molecule has 2 rings (SSSR count). The minimum Gasteiger partial charge on any atom is -0.496 e. The van der Waals surface area contributed by atoms with Crippen molar-refractivity contribution < 1.29 is 52.0 Å². The monoisotopic (exact) mass is 654 g/mol. The molecule has 0 amide bonds. The third-order valence-corrected chi connectivity index (χ3v) is 8.56. The fourth-order valence-electron chi connectivity index (χ4n) is 4.52. The summed E-state index contributed by atoms with van der Waals surface area (Å²) < 4.78 is 47.4. The predicted octanol–water partition coefficient (Wildman–Crippen LogP) is 4.85. The zero-order chi connectivity index (χ0) is 34.1. The molecule has 1 heterocycles. The van der Waals surface area contributed by atoms with Crippen molar-refractivity contribution in [1.29, 1.82) is 0 Å². The Kier molecular flexibility index (Phi) is 14.1. The second-order valence-electron chi connectivity index (χ2n) is 11.3. The number of ether oxygens (including phenoxy) is 5. The second-order valence-corrected chi connectivity index (χ2v) is 13.1. The van der Waals surface area contributed by atoms with Gasteiger partial charge in [0.15, 0.2) is 5.75 Å². The lowest BCUT2D eigenvalue weighted by molar-refractivity contribution is -0.149. The van der Waals surface area contributed by atoms with Crippen LogP contribution >= 0.6 is 7.67 Å². The molecule has 2 N–H and O–H groups in total. The number of hydrogen-bond donors (Lipinski definition) is 2. The van der Waals surface area contributed by atoms with Crippen molar-refractivity contribution in [2.45, 2.75) is 112 Å². The van der Waals surface area contributed by atoms with E-state index in [0.29, 0.717) is 28.9 Å². The number of hydrogen-bond acceptors (Lipinski definition) is 11. The molecule has 252 valence electrons. The van der Waals surface area contributed by atoms with Crippen LogP contribution in [0, 0.1) is 6.92 Å². The first-order valence-corrected chi connectivity index (χ1v) is 16.6. The average molecular weight is 655 g/mol. The molecule has 0 radical (unpaired) electrons. The maximum atomic E-state index is 14.6. The smallest absolute Gasteiger partial charge is 0.391 e. The van der Waals surface area contributed by atoms with Crippen LogP contribution in [-0.2, 0) is 50.9 Å². The number of fused-ring (bicyclic) bond motifs is 1. The maximum Gasteiger partial charge on any atom is 0.391 e. The Labute approximate surface area is 265 Å². The van der Waals surface area contributed by atoms with E-state index in [-0.39, 0.29) is 43.3 Å². The summed E-state index contributed by atoms with van der Waals surface area (Å²) in [6.45, 7) is 15.1. The molecule has 14 heteroatoms. The van der Waals surface area contributed by atoms with Crippen LogP contribution in [0.5, 0.6) is 11.5 Å². The predicted molar refractivity (Wildman–Crippen MR) is 166 cm³/mol. The van der Waals surface area contributed by atoms with E-state index in [4.69, 9.17) is 28.2 Å². The number of allylic oxidation sites excluding steroid dienone is 2. The largest absolute Gasteiger partial charge is 0.496 e. The first-order valence-electron chi connectivity index (χ1n) is 15.0. The van der Waals surface area contributed by atoms with Gasteiger partial charge >= 0.3 is 31.5 Å². The quantitative estimate of drug-likeness (QED) is 0.101. The van der Waals surface area contributed by atoms with Crippen LogP contribution in [0.15, 0.2) is 11.6 Å². The Hall–Kier alpha value is -3.41. The number of carbonyl (C=O) groups excluding carboxylic acids is 4. The van der Waals surface area contributed by atoms with E-state index in [2.05, 4.69) is 10.2 Å². The number of methoxy groups -OCH3 is 1. The highest BCUT2D eigenvalue weighted by atomic mass is 31.2. The van der Waals surface area contributed by atoms with Crippen molar-refractivity contribution in [3.05, 3.63) is 33.9 Å². The lowest BCUT2D eigenvalue weighted by Gasteiger charge is -2.28. The van der Waals surface area contributed by atoms with Gasteiger partial charge in [-0.1, -0.05) is 11.6 Å². The molecule has 1 aliphatic heterocycles. The average Bonchev–Trinajstić information content (AvgIpc) is 3.33. The van der Waals surface area contributed by atoms with E-state index in [9.17, 15) is 23.7 Å². The molecule has 1 aliphatic rings. The molecule has 13 nitrogen and oxygen atoms in total.